The number of H-pyrrole nitrogens is 1. The van der Waals surface area contributed by atoms with Gasteiger partial charge in [0.1, 0.15) is 11.8 Å². The fourth-order valence-electron chi connectivity index (χ4n) is 2.36. The number of halogens is 3. The van der Waals surface area contributed by atoms with Gasteiger partial charge in [0.25, 0.3) is 0 Å². The Kier molecular flexibility index (Phi) is 7.90. The molecule has 26 heavy (non-hydrogen) atoms. The molecule has 1 aromatic carbocycles. The molecule has 138 valence electrons. The van der Waals surface area contributed by atoms with E-state index >= 15 is 0 Å². The Balaban J connectivity index is 0.00000243. The van der Waals surface area contributed by atoms with Gasteiger partial charge in [-0.15, -0.1) is 35.6 Å². The minimum Gasteiger partial charge on any atom is -0.369 e. The van der Waals surface area contributed by atoms with Crippen LogP contribution in [0.3, 0.4) is 0 Å². The summed E-state index contributed by atoms with van der Waals surface area (Å²) in [5, 5.41) is 4.22. The van der Waals surface area contributed by atoms with E-state index in [1.807, 2.05) is 24.3 Å². The lowest BCUT2D eigenvalue weighted by atomic mass is 10.2. The number of hydrogen-bond donors (Lipinski definition) is 2. The molecule has 3 aromatic rings. The molecular weight excluding hydrogens is 397 g/mol. The molecule has 0 aliphatic heterocycles. The number of rotatable bonds is 8. The average Bonchev–Trinajstić information content (AvgIpc) is 3.12. The van der Waals surface area contributed by atoms with Crippen LogP contribution in [0.15, 0.2) is 42.0 Å². The third-order valence-electron chi connectivity index (χ3n) is 3.57. The quantitative estimate of drug-likeness (QED) is 0.335. The second-order valence-electron chi connectivity index (χ2n) is 5.15. The van der Waals surface area contributed by atoms with E-state index in [1.165, 1.54) is 6.33 Å². The van der Waals surface area contributed by atoms with Crippen LogP contribution in [0.1, 0.15) is 5.56 Å². The zero-order chi connectivity index (χ0) is 17.5. The van der Waals surface area contributed by atoms with E-state index in [1.54, 1.807) is 12.5 Å². The van der Waals surface area contributed by atoms with Crippen molar-refractivity contribution in [1.82, 2.24) is 19.9 Å². The van der Waals surface area contributed by atoms with Crippen molar-refractivity contribution in [2.75, 3.05) is 35.2 Å². The maximum Gasteiger partial charge on any atom is 0.182 e. The number of aromatic nitrogens is 4. The predicted octanol–water partition coefficient (Wildman–Crippen LogP) is 3.50. The number of anilines is 2. The first-order valence-corrected chi connectivity index (χ1v) is 8.79. The van der Waals surface area contributed by atoms with Crippen molar-refractivity contribution in [2.45, 2.75) is 0 Å². The van der Waals surface area contributed by atoms with Crippen LogP contribution in [-0.2, 0) is 0 Å². The van der Waals surface area contributed by atoms with Gasteiger partial charge in [-0.05, 0) is 17.7 Å². The van der Waals surface area contributed by atoms with Crippen molar-refractivity contribution >= 4 is 64.5 Å². The molecule has 0 aliphatic carbocycles. The van der Waals surface area contributed by atoms with Crippen molar-refractivity contribution in [3.05, 3.63) is 42.5 Å². The highest BCUT2D eigenvalue weighted by molar-refractivity contribution is 6.18. The van der Waals surface area contributed by atoms with Crippen molar-refractivity contribution in [1.29, 1.82) is 0 Å². The number of benzene rings is 1. The molecule has 2 aromatic heterocycles. The molecule has 0 amide bonds. The number of aromatic amines is 1. The maximum absolute atomic E-state index is 5.84. The Hall–Kier alpha value is -2.09. The van der Waals surface area contributed by atoms with Crippen molar-refractivity contribution in [2.24, 2.45) is 5.10 Å². The molecule has 0 bridgehead atoms. The highest BCUT2D eigenvalue weighted by Gasteiger charge is 2.05. The molecule has 2 heterocycles. The van der Waals surface area contributed by atoms with E-state index < -0.39 is 0 Å². The lowest BCUT2D eigenvalue weighted by Gasteiger charge is -2.22. The van der Waals surface area contributed by atoms with Crippen LogP contribution in [0.5, 0.6) is 0 Å². The normalized spacial score (nSPS) is 10.8. The SMILES string of the molecule is Cl.ClCCN(CCCl)c1ccc(C=NNc2ncnc3nc[nH]c23)cc1. The molecule has 0 atom stereocenters. The first-order valence-electron chi connectivity index (χ1n) is 7.72. The summed E-state index contributed by atoms with van der Waals surface area (Å²) in [7, 11) is 0. The summed E-state index contributed by atoms with van der Waals surface area (Å²) in [6.45, 7) is 1.52. The molecule has 0 saturated heterocycles. The van der Waals surface area contributed by atoms with Crippen molar-refractivity contribution in [3.63, 3.8) is 0 Å². The Morgan fingerprint density at radius 3 is 2.50 bits per heavy atom. The number of imidazole rings is 1. The van der Waals surface area contributed by atoms with Crippen LogP contribution in [0.25, 0.3) is 11.2 Å². The van der Waals surface area contributed by atoms with Gasteiger partial charge in [0.05, 0.1) is 12.5 Å². The number of hydrogen-bond acceptors (Lipinski definition) is 6. The summed E-state index contributed by atoms with van der Waals surface area (Å²) in [5.41, 5.74) is 6.26. The molecular formula is C16H18Cl3N7. The summed E-state index contributed by atoms with van der Waals surface area (Å²) >= 11 is 11.7. The van der Waals surface area contributed by atoms with Gasteiger partial charge >= 0.3 is 0 Å². The third kappa shape index (κ3) is 4.97. The van der Waals surface area contributed by atoms with Gasteiger partial charge in [-0.1, -0.05) is 12.1 Å². The summed E-state index contributed by atoms with van der Waals surface area (Å²) in [6.07, 6.45) is 4.74. The lowest BCUT2D eigenvalue weighted by molar-refractivity contribution is 0.874. The largest absolute Gasteiger partial charge is 0.369 e. The molecule has 0 aliphatic rings. The standard InChI is InChI=1S/C16H17Cl2N7.ClH/c17-5-7-25(8-6-18)13-3-1-12(2-4-13)9-23-24-16-14-15(20-10-19-14)21-11-22-16;/h1-4,9-11H,5-8H2,(H2,19,20,21,22,24);1H. The van der Waals surface area contributed by atoms with E-state index in [2.05, 4.69) is 35.4 Å². The number of alkyl halides is 2. The number of hydrazone groups is 1. The van der Waals surface area contributed by atoms with Gasteiger partial charge in [-0.25, -0.2) is 15.0 Å². The third-order valence-corrected chi connectivity index (χ3v) is 3.91. The fraction of sp³-hybridized carbons (Fsp3) is 0.250. The van der Waals surface area contributed by atoms with E-state index in [4.69, 9.17) is 23.2 Å². The topological polar surface area (TPSA) is 82.1 Å². The van der Waals surface area contributed by atoms with E-state index in [9.17, 15) is 0 Å². The Morgan fingerprint density at radius 1 is 1.08 bits per heavy atom. The highest BCUT2D eigenvalue weighted by atomic mass is 35.5. The molecule has 0 radical (unpaired) electrons. The van der Waals surface area contributed by atoms with E-state index in [0.717, 1.165) is 24.3 Å². The Morgan fingerprint density at radius 2 is 1.81 bits per heavy atom. The van der Waals surface area contributed by atoms with Crippen LogP contribution in [-0.4, -0.2) is 51.0 Å². The maximum atomic E-state index is 5.84. The highest BCUT2D eigenvalue weighted by Crippen LogP contribution is 2.16. The zero-order valence-corrected chi connectivity index (χ0v) is 16.1. The lowest BCUT2D eigenvalue weighted by Crippen LogP contribution is -2.27. The average molecular weight is 415 g/mol. The second kappa shape index (κ2) is 10.2. The fourth-order valence-corrected chi connectivity index (χ4v) is 2.77. The molecule has 3 rings (SSSR count). The summed E-state index contributed by atoms with van der Waals surface area (Å²) in [5.74, 6) is 1.70. The molecule has 10 heteroatoms. The van der Waals surface area contributed by atoms with Gasteiger partial charge < -0.3 is 9.88 Å². The van der Waals surface area contributed by atoms with Crippen LogP contribution < -0.4 is 10.3 Å². The number of nitrogens with one attached hydrogen (secondary N) is 2. The Bertz CT molecular complexity index is 829. The Labute approximate surface area is 167 Å². The van der Waals surface area contributed by atoms with Crippen LogP contribution >= 0.6 is 35.6 Å². The van der Waals surface area contributed by atoms with Gasteiger partial charge in [0, 0.05) is 30.5 Å². The van der Waals surface area contributed by atoms with Gasteiger partial charge in [0.15, 0.2) is 11.5 Å². The van der Waals surface area contributed by atoms with E-state index in [0.29, 0.717) is 28.7 Å². The van der Waals surface area contributed by atoms with Crippen LogP contribution in [0, 0.1) is 0 Å². The van der Waals surface area contributed by atoms with Crippen molar-refractivity contribution < 1.29 is 0 Å². The first kappa shape index (κ1) is 20.2. The summed E-state index contributed by atoms with van der Waals surface area (Å²) in [4.78, 5) is 17.4. The second-order valence-corrected chi connectivity index (χ2v) is 5.91. The van der Waals surface area contributed by atoms with Gasteiger partial charge in [-0.3, -0.25) is 5.43 Å². The zero-order valence-electron chi connectivity index (χ0n) is 13.8. The smallest absolute Gasteiger partial charge is 0.182 e. The molecule has 0 spiro atoms. The van der Waals surface area contributed by atoms with Crippen molar-refractivity contribution in [3.8, 4) is 0 Å². The number of nitrogens with zero attached hydrogens (tertiary/aromatic N) is 5. The van der Waals surface area contributed by atoms with Gasteiger partial charge in [-0.2, -0.15) is 5.10 Å². The molecule has 0 fully saturated rings. The van der Waals surface area contributed by atoms with Crippen LogP contribution in [0.2, 0.25) is 0 Å². The van der Waals surface area contributed by atoms with Gasteiger partial charge in [0.2, 0.25) is 0 Å². The predicted molar refractivity (Wildman–Crippen MR) is 110 cm³/mol. The summed E-state index contributed by atoms with van der Waals surface area (Å²) in [6, 6.07) is 8.03. The minimum absolute atomic E-state index is 0. The monoisotopic (exact) mass is 413 g/mol. The number of fused-ring (bicyclic) bond motifs is 1. The summed E-state index contributed by atoms with van der Waals surface area (Å²) < 4.78 is 0. The molecule has 0 unspecified atom stereocenters. The minimum atomic E-state index is 0. The van der Waals surface area contributed by atoms with Crippen LogP contribution in [0.4, 0.5) is 11.5 Å². The molecule has 7 nitrogen and oxygen atoms in total. The van der Waals surface area contributed by atoms with E-state index in [-0.39, 0.29) is 12.4 Å². The molecule has 2 N–H and O–H groups in total. The first-order chi connectivity index (χ1) is 12.3. The molecule has 0 saturated carbocycles.